The van der Waals surface area contributed by atoms with E-state index in [4.69, 9.17) is 4.74 Å². The van der Waals surface area contributed by atoms with Crippen LogP contribution in [0.25, 0.3) is 0 Å². The molecule has 23 heavy (non-hydrogen) atoms. The molecule has 3 rings (SSSR count). The molecular weight excluding hydrogens is 290 g/mol. The third-order valence-electron chi connectivity index (χ3n) is 4.68. The van der Waals surface area contributed by atoms with Crippen molar-refractivity contribution in [2.75, 3.05) is 26.2 Å². The van der Waals surface area contributed by atoms with E-state index in [9.17, 15) is 4.79 Å². The first kappa shape index (κ1) is 16.2. The molecule has 5 nitrogen and oxygen atoms in total. The topological polar surface area (TPSA) is 45.7 Å². The molecule has 0 aliphatic carbocycles. The van der Waals surface area contributed by atoms with Crippen molar-refractivity contribution in [1.82, 2.24) is 14.8 Å². The van der Waals surface area contributed by atoms with E-state index in [1.165, 1.54) is 32.4 Å². The Morgan fingerprint density at radius 3 is 2.65 bits per heavy atom. The van der Waals surface area contributed by atoms with Gasteiger partial charge in [0.1, 0.15) is 0 Å². The van der Waals surface area contributed by atoms with E-state index >= 15 is 0 Å². The third-order valence-corrected chi connectivity index (χ3v) is 4.68. The molecule has 2 aliphatic rings. The average Bonchev–Trinajstić information content (AvgIpc) is 3.09. The molecule has 0 saturated carbocycles. The van der Waals surface area contributed by atoms with Crippen molar-refractivity contribution in [3.8, 4) is 5.88 Å². The van der Waals surface area contributed by atoms with Gasteiger partial charge in [-0.2, -0.15) is 0 Å². The molecule has 3 heterocycles. The zero-order valence-corrected chi connectivity index (χ0v) is 14.2. The summed E-state index contributed by atoms with van der Waals surface area (Å²) in [5, 5.41) is 0. The van der Waals surface area contributed by atoms with E-state index < -0.39 is 0 Å². The van der Waals surface area contributed by atoms with Crippen molar-refractivity contribution in [3.63, 3.8) is 0 Å². The van der Waals surface area contributed by atoms with Crippen LogP contribution >= 0.6 is 0 Å². The lowest BCUT2D eigenvalue weighted by atomic mass is 10.0. The second-order valence-corrected chi connectivity index (χ2v) is 6.84. The Kier molecular flexibility index (Phi) is 5.16. The standard InChI is InChI=1S/C18H27N3O2/c1-14(2)23-17-8-7-15(12-19-17)18(22)21-11-5-6-16(13-21)20-9-3-4-10-20/h7-8,12,14,16H,3-6,9-11,13H2,1-2H3/t16-/m1/s1. The molecule has 126 valence electrons. The van der Waals surface area contributed by atoms with Crippen molar-refractivity contribution in [3.05, 3.63) is 23.9 Å². The predicted molar refractivity (Wildman–Crippen MR) is 89.7 cm³/mol. The lowest BCUT2D eigenvalue weighted by Crippen LogP contribution is -2.49. The number of nitrogens with zero attached hydrogens (tertiary/aromatic N) is 3. The summed E-state index contributed by atoms with van der Waals surface area (Å²) in [6, 6.07) is 4.15. The van der Waals surface area contributed by atoms with Crippen LogP contribution in [-0.4, -0.2) is 59.0 Å². The van der Waals surface area contributed by atoms with Gasteiger partial charge in [0.2, 0.25) is 5.88 Å². The second-order valence-electron chi connectivity index (χ2n) is 6.84. The van der Waals surface area contributed by atoms with Crippen LogP contribution in [0.1, 0.15) is 49.9 Å². The van der Waals surface area contributed by atoms with E-state index in [1.807, 2.05) is 24.8 Å². The van der Waals surface area contributed by atoms with Gasteiger partial charge in [0.15, 0.2) is 0 Å². The molecule has 0 spiro atoms. The average molecular weight is 317 g/mol. The number of ether oxygens (including phenoxy) is 1. The number of hydrogen-bond donors (Lipinski definition) is 0. The summed E-state index contributed by atoms with van der Waals surface area (Å²) in [6.07, 6.45) is 6.63. The third kappa shape index (κ3) is 4.02. The molecule has 2 aliphatic heterocycles. The van der Waals surface area contributed by atoms with Crippen molar-refractivity contribution < 1.29 is 9.53 Å². The van der Waals surface area contributed by atoms with Gasteiger partial charge in [-0.25, -0.2) is 4.98 Å². The number of carbonyl (C=O) groups is 1. The van der Waals surface area contributed by atoms with Gasteiger partial charge in [-0.3, -0.25) is 9.69 Å². The maximum absolute atomic E-state index is 12.7. The number of aromatic nitrogens is 1. The number of carbonyl (C=O) groups excluding carboxylic acids is 1. The zero-order valence-electron chi connectivity index (χ0n) is 14.2. The highest BCUT2D eigenvalue weighted by Crippen LogP contribution is 2.22. The molecule has 0 bridgehead atoms. The molecule has 1 aromatic rings. The fourth-order valence-corrected chi connectivity index (χ4v) is 3.54. The first-order valence-corrected chi connectivity index (χ1v) is 8.79. The number of amides is 1. The smallest absolute Gasteiger partial charge is 0.255 e. The normalized spacial score (nSPS) is 22.6. The van der Waals surface area contributed by atoms with Gasteiger partial charge in [-0.1, -0.05) is 0 Å². The largest absolute Gasteiger partial charge is 0.475 e. The van der Waals surface area contributed by atoms with Gasteiger partial charge in [0.25, 0.3) is 5.91 Å². The summed E-state index contributed by atoms with van der Waals surface area (Å²) < 4.78 is 5.54. The number of rotatable bonds is 4. The van der Waals surface area contributed by atoms with E-state index in [0.29, 0.717) is 17.5 Å². The van der Waals surface area contributed by atoms with E-state index in [0.717, 1.165) is 19.5 Å². The fourth-order valence-electron chi connectivity index (χ4n) is 3.54. The van der Waals surface area contributed by atoms with Crippen LogP contribution in [0.5, 0.6) is 5.88 Å². The zero-order chi connectivity index (χ0) is 16.2. The summed E-state index contributed by atoms with van der Waals surface area (Å²) in [5.74, 6) is 0.669. The van der Waals surface area contributed by atoms with E-state index in [-0.39, 0.29) is 12.0 Å². The molecule has 1 aromatic heterocycles. The van der Waals surface area contributed by atoms with Gasteiger partial charge < -0.3 is 9.64 Å². The summed E-state index contributed by atoms with van der Waals surface area (Å²) in [6.45, 7) is 8.02. The Morgan fingerprint density at radius 2 is 2.00 bits per heavy atom. The fraction of sp³-hybridized carbons (Fsp3) is 0.667. The highest BCUT2D eigenvalue weighted by molar-refractivity contribution is 5.94. The SMILES string of the molecule is CC(C)Oc1ccc(C(=O)N2CCC[C@@H](N3CCCC3)C2)cn1. The second kappa shape index (κ2) is 7.30. The first-order chi connectivity index (χ1) is 11.1. The molecule has 5 heteroatoms. The molecule has 1 atom stereocenters. The highest BCUT2D eigenvalue weighted by Gasteiger charge is 2.29. The van der Waals surface area contributed by atoms with E-state index in [1.54, 1.807) is 12.3 Å². The van der Waals surface area contributed by atoms with Crippen LogP contribution in [0.15, 0.2) is 18.3 Å². The molecular formula is C18H27N3O2. The molecule has 2 saturated heterocycles. The maximum Gasteiger partial charge on any atom is 0.255 e. The predicted octanol–water partition coefficient (Wildman–Crippen LogP) is 2.57. The number of likely N-dealkylation sites (tertiary alicyclic amines) is 2. The Balaban J connectivity index is 1.62. The molecule has 1 amide bonds. The van der Waals surface area contributed by atoms with Crippen LogP contribution in [0.4, 0.5) is 0 Å². The summed E-state index contributed by atoms with van der Waals surface area (Å²) in [5.41, 5.74) is 0.656. The van der Waals surface area contributed by atoms with Gasteiger partial charge in [0, 0.05) is 31.4 Å². The van der Waals surface area contributed by atoms with Gasteiger partial charge in [-0.05, 0) is 58.7 Å². The Hall–Kier alpha value is -1.62. The van der Waals surface area contributed by atoms with Gasteiger partial charge in [0.05, 0.1) is 11.7 Å². The minimum atomic E-state index is 0.0902. The van der Waals surface area contributed by atoms with Crippen LogP contribution in [0, 0.1) is 0 Å². The monoisotopic (exact) mass is 317 g/mol. The Morgan fingerprint density at radius 1 is 1.22 bits per heavy atom. The minimum absolute atomic E-state index is 0.0902. The van der Waals surface area contributed by atoms with Crippen LogP contribution in [-0.2, 0) is 0 Å². The van der Waals surface area contributed by atoms with Crippen molar-refractivity contribution in [2.45, 2.75) is 51.7 Å². The molecule has 0 N–H and O–H groups in total. The summed E-state index contributed by atoms with van der Waals surface area (Å²) in [7, 11) is 0. The quantitative estimate of drug-likeness (QED) is 0.856. The van der Waals surface area contributed by atoms with Crippen LogP contribution in [0.2, 0.25) is 0 Å². The van der Waals surface area contributed by atoms with Crippen molar-refractivity contribution in [1.29, 1.82) is 0 Å². The lowest BCUT2D eigenvalue weighted by Gasteiger charge is -2.37. The van der Waals surface area contributed by atoms with Gasteiger partial charge in [-0.15, -0.1) is 0 Å². The summed E-state index contributed by atoms with van der Waals surface area (Å²) >= 11 is 0. The minimum Gasteiger partial charge on any atom is -0.475 e. The number of piperidine rings is 1. The molecule has 0 unspecified atom stereocenters. The Labute approximate surface area is 138 Å². The van der Waals surface area contributed by atoms with E-state index in [2.05, 4.69) is 9.88 Å². The van der Waals surface area contributed by atoms with Gasteiger partial charge >= 0.3 is 0 Å². The highest BCUT2D eigenvalue weighted by atomic mass is 16.5. The maximum atomic E-state index is 12.7. The number of pyridine rings is 1. The Bertz CT molecular complexity index is 524. The van der Waals surface area contributed by atoms with Crippen LogP contribution in [0.3, 0.4) is 0 Å². The summed E-state index contributed by atoms with van der Waals surface area (Å²) in [4.78, 5) is 21.5. The molecule has 0 radical (unpaired) electrons. The van der Waals surface area contributed by atoms with Crippen molar-refractivity contribution >= 4 is 5.91 Å². The molecule has 2 fully saturated rings. The van der Waals surface area contributed by atoms with Crippen LogP contribution < -0.4 is 4.74 Å². The molecule has 0 aromatic carbocycles. The van der Waals surface area contributed by atoms with Crippen molar-refractivity contribution in [2.24, 2.45) is 0 Å². The lowest BCUT2D eigenvalue weighted by molar-refractivity contribution is 0.0607. The first-order valence-electron chi connectivity index (χ1n) is 8.79. The number of hydrogen-bond acceptors (Lipinski definition) is 4.